The molecule has 0 spiro atoms. The van der Waals surface area contributed by atoms with E-state index >= 15 is 0 Å². The van der Waals surface area contributed by atoms with Crippen LogP contribution in [0.5, 0.6) is 0 Å². The molecule has 0 saturated heterocycles. The van der Waals surface area contributed by atoms with Gasteiger partial charge in [-0.25, -0.2) is 19.3 Å². The van der Waals surface area contributed by atoms with E-state index in [-0.39, 0.29) is 18.1 Å². The quantitative estimate of drug-likeness (QED) is 0.436. The van der Waals surface area contributed by atoms with E-state index in [4.69, 9.17) is 0 Å². The maximum Gasteiger partial charge on any atom is 0.453 e. The molecule has 0 aliphatic carbocycles. The Morgan fingerprint density at radius 3 is 2.48 bits per heavy atom. The number of hydrogen-bond acceptors (Lipinski definition) is 5. The Morgan fingerprint density at radius 1 is 1.07 bits per heavy atom. The summed E-state index contributed by atoms with van der Waals surface area (Å²) >= 11 is 0. The molecule has 1 N–H and O–H groups in total. The zero-order valence-electron chi connectivity index (χ0n) is 13.2. The number of fused-ring (bicyclic) bond motifs is 1. The van der Waals surface area contributed by atoms with Crippen molar-refractivity contribution >= 4 is 10.9 Å². The molecule has 0 radical (unpaired) electrons. The average Bonchev–Trinajstić information content (AvgIpc) is 3.22. The van der Waals surface area contributed by atoms with Crippen LogP contribution in [-0.4, -0.2) is 34.9 Å². The highest BCUT2D eigenvalue weighted by atomic mass is 19.4. The molecule has 3 aromatic heterocycles. The first kappa shape index (κ1) is 17.0. The highest BCUT2D eigenvalue weighted by Gasteiger charge is 2.36. The van der Waals surface area contributed by atoms with Crippen LogP contribution in [0.15, 0.2) is 30.6 Å². The van der Waals surface area contributed by atoms with Crippen LogP contribution < -0.4 is 0 Å². The molecule has 4 rings (SSSR count). The van der Waals surface area contributed by atoms with Crippen molar-refractivity contribution in [1.29, 1.82) is 0 Å². The summed E-state index contributed by atoms with van der Waals surface area (Å²) in [5.41, 5.74) is 0.834. The lowest BCUT2D eigenvalue weighted by Gasteiger charge is -2.03. The van der Waals surface area contributed by atoms with Gasteiger partial charge in [0.15, 0.2) is 5.82 Å². The molecular weight excluding hydrogens is 373 g/mol. The summed E-state index contributed by atoms with van der Waals surface area (Å²) in [5.74, 6) is -2.11. The molecule has 0 unspecified atom stereocenters. The van der Waals surface area contributed by atoms with E-state index in [1.54, 1.807) is 0 Å². The smallest absolute Gasteiger partial charge is 0.259 e. The van der Waals surface area contributed by atoms with Crippen LogP contribution in [0.3, 0.4) is 0 Å². The molecule has 27 heavy (non-hydrogen) atoms. The van der Waals surface area contributed by atoms with Gasteiger partial charge in [-0.15, -0.1) is 5.10 Å². The Balaban J connectivity index is 1.82. The van der Waals surface area contributed by atoms with Crippen molar-refractivity contribution in [2.75, 3.05) is 0 Å². The molecule has 0 fully saturated rings. The SMILES string of the molecule is Fc1ccc2c(-c3nc(C(F)(F)F)n[nH]3)nn(Cc3cnc(F)nc3)c2c1. The van der Waals surface area contributed by atoms with Crippen molar-refractivity contribution in [3.63, 3.8) is 0 Å². The molecule has 7 nitrogen and oxygen atoms in total. The summed E-state index contributed by atoms with van der Waals surface area (Å²) in [7, 11) is 0. The Hall–Kier alpha value is -3.44. The van der Waals surface area contributed by atoms with Crippen molar-refractivity contribution in [1.82, 2.24) is 34.9 Å². The number of benzene rings is 1. The second kappa shape index (κ2) is 6.07. The molecular formula is C15H8F5N7. The van der Waals surface area contributed by atoms with Crippen molar-refractivity contribution in [2.24, 2.45) is 0 Å². The molecule has 138 valence electrons. The summed E-state index contributed by atoms with van der Waals surface area (Å²) in [4.78, 5) is 10.3. The summed E-state index contributed by atoms with van der Waals surface area (Å²) < 4.78 is 66.1. The zero-order valence-corrected chi connectivity index (χ0v) is 13.2. The van der Waals surface area contributed by atoms with Crippen LogP contribution in [0.2, 0.25) is 0 Å². The third-order valence-corrected chi connectivity index (χ3v) is 3.68. The van der Waals surface area contributed by atoms with Crippen molar-refractivity contribution in [3.05, 3.63) is 53.9 Å². The number of hydrogen-bond donors (Lipinski definition) is 1. The molecule has 4 aromatic rings. The molecule has 3 heterocycles. The van der Waals surface area contributed by atoms with Crippen LogP contribution >= 0.6 is 0 Å². The number of rotatable bonds is 3. The first-order chi connectivity index (χ1) is 12.8. The fraction of sp³-hybridized carbons (Fsp3) is 0.133. The minimum atomic E-state index is -4.72. The summed E-state index contributed by atoms with van der Waals surface area (Å²) in [6.07, 6.45) is -3.17. The van der Waals surface area contributed by atoms with Gasteiger partial charge in [0.25, 0.3) is 5.82 Å². The van der Waals surface area contributed by atoms with Gasteiger partial charge in [0.1, 0.15) is 11.5 Å². The van der Waals surface area contributed by atoms with Gasteiger partial charge in [-0.2, -0.15) is 22.7 Å². The molecule has 0 bridgehead atoms. The third-order valence-electron chi connectivity index (χ3n) is 3.68. The number of nitrogens with zero attached hydrogens (tertiary/aromatic N) is 6. The Morgan fingerprint density at radius 2 is 1.81 bits per heavy atom. The van der Waals surface area contributed by atoms with Gasteiger partial charge in [0, 0.05) is 23.3 Å². The number of halogens is 5. The molecule has 1 aromatic carbocycles. The van der Waals surface area contributed by atoms with E-state index in [2.05, 4.69) is 30.2 Å². The van der Waals surface area contributed by atoms with Gasteiger partial charge in [0.2, 0.25) is 0 Å². The Bertz CT molecular complexity index is 1110. The molecule has 12 heteroatoms. The van der Waals surface area contributed by atoms with E-state index in [1.807, 2.05) is 0 Å². The molecule has 0 aliphatic heterocycles. The molecule has 0 aliphatic rings. The monoisotopic (exact) mass is 381 g/mol. The van der Waals surface area contributed by atoms with Crippen LogP contribution in [0.4, 0.5) is 22.0 Å². The van der Waals surface area contributed by atoms with Crippen molar-refractivity contribution in [3.8, 4) is 11.5 Å². The number of nitrogens with one attached hydrogen (secondary N) is 1. The van der Waals surface area contributed by atoms with Crippen LogP contribution in [0, 0.1) is 11.9 Å². The summed E-state index contributed by atoms with van der Waals surface area (Å²) in [6, 6.07) is 3.71. The first-order valence-electron chi connectivity index (χ1n) is 7.44. The first-order valence-corrected chi connectivity index (χ1v) is 7.44. The van der Waals surface area contributed by atoms with E-state index in [0.717, 1.165) is 6.07 Å². The van der Waals surface area contributed by atoms with Crippen molar-refractivity contribution in [2.45, 2.75) is 12.7 Å². The highest BCUT2D eigenvalue weighted by molar-refractivity contribution is 5.91. The van der Waals surface area contributed by atoms with Crippen LogP contribution in [0.25, 0.3) is 22.4 Å². The van der Waals surface area contributed by atoms with Crippen molar-refractivity contribution < 1.29 is 22.0 Å². The van der Waals surface area contributed by atoms with Gasteiger partial charge in [-0.05, 0) is 18.2 Å². The number of H-pyrrole nitrogens is 1. The second-order valence-corrected chi connectivity index (χ2v) is 5.53. The predicted molar refractivity (Wildman–Crippen MR) is 81.2 cm³/mol. The summed E-state index contributed by atoms with van der Waals surface area (Å²) in [5, 5.41) is 9.92. The Kier molecular flexibility index (Phi) is 3.82. The minimum Gasteiger partial charge on any atom is -0.259 e. The Labute approximate surface area is 146 Å². The standard InChI is InChI=1S/C15H8F5N7/c16-8-1-2-9-10(3-8)27(6-7-4-21-14(17)22-5-7)26-11(9)12-23-13(25-24-12)15(18,19)20/h1-5H,6H2,(H,23,24,25). The van der Waals surface area contributed by atoms with E-state index in [9.17, 15) is 22.0 Å². The second-order valence-electron chi connectivity index (χ2n) is 5.53. The lowest BCUT2D eigenvalue weighted by molar-refractivity contribution is -0.144. The van der Waals surface area contributed by atoms with E-state index in [1.165, 1.54) is 29.2 Å². The average molecular weight is 381 g/mol. The normalized spacial score (nSPS) is 12.0. The minimum absolute atomic E-state index is 0.0422. The number of alkyl halides is 3. The number of aromatic nitrogens is 7. The topological polar surface area (TPSA) is 85.2 Å². The van der Waals surface area contributed by atoms with Gasteiger partial charge >= 0.3 is 12.3 Å². The zero-order chi connectivity index (χ0) is 19.2. The largest absolute Gasteiger partial charge is 0.453 e. The van der Waals surface area contributed by atoms with Gasteiger partial charge in [-0.3, -0.25) is 9.78 Å². The van der Waals surface area contributed by atoms with Gasteiger partial charge in [0.05, 0.1) is 12.1 Å². The molecule has 0 atom stereocenters. The third kappa shape index (κ3) is 3.20. The molecule has 0 saturated carbocycles. The van der Waals surface area contributed by atoms with Crippen LogP contribution in [0.1, 0.15) is 11.4 Å². The molecule has 0 amide bonds. The van der Waals surface area contributed by atoms with E-state index in [0.29, 0.717) is 16.5 Å². The predicted octanol–water partition coefficient (Wildman–Crippen LogP) is 2.96. The van der Waals surface area contributed by atoms with E-state index < -0.39 is 23.9 Å². The maximum absolute atomic E-state index is 13.7. The fourth-order valence-electron chi connectivity index (χ4n) is 2.53. The van der Waals surface area contributed by atoms with Crippen LogP contribution in [-0.2, 0) is 12.7 Å². The number of aromatic amines is 1. The van der Waals surface area contributed by atoms with Gasteiger partial charge < -0.3 is 0 Å². The maximum atomic E-state index is 13.7. The fourth-order valence-corrected chi connectivity index (χ4v) is 2.53. The lowest BCUT2D eigenvalue weighted by atomic mass is 10.2. The van der Waals surface area contributed by atoms with Gasteiger partial charge in [-0.1, -0.05) is 0 Å². The highest BCUT2D eigenvalue weighted by Crippen LogP contribution is 2.30. The summed E-state index contributed by atoms with van der Waals surface area (Å²) in [6.45, 7) is 0.0422. The lowest BCUT2D eigenvalue weighted by Crippen LogP contribution is -2.07.